The molecule has 1 saturated heterocycles. The summed E-state index contributed by atoms with van der Waals surface area (Å²) < 4.78 is 5.08. The number of likely N-dealkylation sites (tertiary alicyclic amines) is 1. The molecule has 1 aliphatic heterocycles. The molecule has 0 spiro atoms. The number of rotatable bonds is 9. The molecule has 1 aliphatic rings. The molecule has 0 radical (unpaired) electrons. The molecule has 2 amide bonds. The van der Waals surface area contributed by atoms with Crippen LogP contribution in [0.25, 0.3) is 0 Å². The zero-order valence-electron chi connectivity index (χ0n) is 19.6. The molecule has 8 heteroatoms. The summed E-state index contributed by atoms with van der Waals surface area (Å²) in [6, 6.07) is 16.6. The number of nitrogens with zero attached hydrogens (tertiary/aromatic N) is 1. The first kappa shape index (κ1) is 25.4. The number of Topliss-reactive ketones (excluding diaryl/α,β-unsaturated/α-hetero) is 1. The van der Waals surface area contributed by atoms with Crippen LogP contribution in [0.15, 0.2) is 54.6 Å². The highest BCUT2D eigenvalue weighted by atomic mass is 16.5. The Balaban J connectivity index is 1.50. The van der Waals surface area contributed by atoms with E-state index in [-0.39, 0.29) is 24.7 Å². The van der Waals surface area contributed by atoms with Crippen LogP contribution in [0.4, 0.5) is 0 Å². The number of ketones is 1. The summed E-state index contributed by atoms with van der Waals surface area (Å²) in [5.41, 5.74) is 1.11. The number of carbonyl (C=O) groups is 3. The Hall–Kier alpha value is -3.23. The van der Waals surface area contributed by atoms with E-state index in [1.54, 1.807) is 43.2 Å². The van der Waals surface area contributed by atoms with E-state index < -0.39 is 23.5 Å². The Labute approximate surface area is 199 Å². The van der Waals surface area contributed by atoms with Crippen LogP contribution in [-0.4, -0.2) is 65.1 Å². The maximum Gasteiger partial charge on any atom is 0.251 e. The summed E-state index contributed by atoms with van der Waals surface area (Å²) in [5, 5.41) is 23.1. The van der Waals surface area contributed by atoms with E-state index in [4.69, 9.17) is 4.74 Å². The van der Waals surface area contributed by atoms with Crippen molar-refractivity contribution in [3.05, 3.63) is 65.7 Å². The van der Waals surface area contributed by atoms with Crippen LogP contribution in [0.3, 0.4) is 0 Å². The molecule has 0 bridgehead atoms. The number of amides is 2. The van der Waals surface area contributed by atoms with Gasteiger partial charge in [0.1, 0.15) is 11.5 Å². The Kier molecular flexibility index (Phi) is 8.41. The minimum Gasteiger partial charge on any atom is -0.497 e. The molecule has 1 fully saturated rings. The first-order chi connectivity index (χ1) is 16.3. The fraction of sp³-hybridized carbons (Fsp3) is 0.423. The number of carbonyl (C=O) groups excluding carboxylic acids is 3. The summed E-state index contributed by atoms with van der Waals surface area (Å²) in [5.74, 6) is -0.366. The van der Waals surface area contributed by atoms with Gasteiger partial charge in [-0.15, -0.1) is 0 Å². The van der Waals surface area contributed by atoms with Gasteiger partial charge in [0.05, 0.1) is 25.0 Å². The molecule has 2 aromatic carbocycles. The van der Waals surface area contributed by atoms with Crippen LogP contribution in [-0.2, 0) is 26.3 Å². The zero-order valence-corrected chi connectivity index (χ0v) is 19.6. The van der Waals surface area contributed by atoms with Crippen LogP contribution >= 0.6 is 0 Å². The zero-order chi connectivity index (χ0) is 24.7. The lowest BCUT2D eigenvalue weighted by Gasteiger charge is -2.41. The van der Waals surface area contributed by atoms with Gasteiger partial charge in [-0.1, -0.05) is 42.5 Å². The summed E-state index contributed by atoms with van der Waals surface area (Å²) >= 11 is 0. The van der Waals surface area contributed by atoms with E-state index in [2.05, 4.69) is 5.32 Å². The lowest BCUT2D eigenvalue weighted by atomic mass is 9.70. The number of aliphatic hydroxyl groups is 2. The third-order valence-corrected chi connectivity index (χ3v) is 6.61. The maximum absolute atomic E-state index is 12.7. The highest BCUT2D eigenvalue weighted by Gasteiger charge is 2.41. The van der Waals surface area contributed by atoms with Crippen molar-refractivity contribution in [1.82, 2.24) is 10.2 Å². The lowest BCUT2D eigenvalue weighted by Crippen LogP contribution is -2.50. The van der Waals surface area contributed by atoms with Gasteiger partial charge in [-0.05, 0) is 43.0 Å². The third-order valence-electron chi connectivity index (χ3n) is 6.61. The van der Waals surface area contributed by atoms with Gasteiger partial charge in [0.2, 0.25) is 5.91 Å². The van der Waals surface area contributed by atoms with E-state index in [0.29, 0.717) is 31.7 Å². The van der Waals surface area contributed by atoms with Gasteiger partial charge in [0.15, 0.2) is 6.10 Å². The Morgan fingerprint density at radius 3 is 2.21 bits per heavy atom. The molecule has 0 unspecified atom stereocenters. The average molecular weight is 469 g/mol. The van der Waals surface area contributed by atoms with Crippen molar-refractivity contribution in [2.24, 2.45) is 0 Å². The maximum atomic E-state index is 12.7. The van der Waals surface area contributed by atoms with Crippen molar-refractivity contribution in [3.8, 4) is 5.75 Å². The standard InChI is InChI=1S/C26H32N2O6/c1-18(29)26(20-6-4-3-5-7-20)12-14-28(15-13-26)23(31)16-22(30)24(32)25(33)27-17-19-8-10-21(34-2)11-9-19/h3-11,22,24,30,32H,12-17H2,1-2H3,(H,27,33)/t22-,24+/m0/s1. The molecule has 3 N–H and O–H groups in total. The number of nitrogens with one attached hydrogen (secondary N) is 1. The Bertz CT molecular complexity index is 984. The molecule has 0 aromatic heterocycles. The van der Waals surface area contributed by atoms with Crippen molar-refractivity contribution in [2.45, 2.75) is 50.4 Å². The minimum absolute atomic E-state index is 0.0646. The predicted molar refractivity (Wildman–Crippen MR) is 126 cm³/mol. The molecule has 3 rings (SSSR count). The van der Waals surface area contributed by atoms with E-state index in [1.807, 2.05) is 30.3 Å². The minimum atomic E-state index is -1.73. The van der Waals surface area contributed by atoms with Crippen molar-refractivity contribution in [3.63, 3.8) is 0 Å². The van der Waals surface area contributed by atoms with Crippen LogP contribution in [0.2, 0.25) is 0 Å². The second-order valence-electron chi connectivity index (χ2n) is 8.67. The van der Waals surface area contributed by atoms with Gasteiger partial charge in [0, 0.05) is 19.6 Å². The monoisotopic (exact) mass is 468 g/mol. The van der Waals surface area contributed by atoms with Gasteiger partial charge in [-0.2, -0.15) is 0 Å². The second kappa shape index (κ2) is 11.3. The lowest BCUT2D eigenvalue weighted by molar-refractivity contribution is -0.143. The van der Waals surface area contributed by atoms with Crippen LogP contribution in [0.1, 0.15) is 37.3 Å². The number of hydrogen-bond acceptors (Lipinski definition) is 6. The summed E-state index contributed by atoms with van der Waals surface area (Å²) in [4.78, 5) is 39.1. The second-order valence-corrected chi connectivity index (χ2v) is 8.67. The Morgan fingerprint density at radius 1 is 1.03 bits per heavy atom. The van der Waals surface area contributed by atoms with Crippen LogP contribution in [0, 0.1) is 0 Å². The highest BCUT2D eigenvalue weighted by molar-refractivity contribution is 5.89. The van der Waals surface area contributed by atoms with E-state index in [1.165, 1.54) is 0 Å². The summed E-state index contributed by atoms with van der Waals surface area (Å²) in [6.07, 6.45) is -2.67. The van der Waals surface area contributed by atoms with Gasteiger partial charge in [0.25, 0.3) is 5.91 Å². The van der Waals surface area contributed by atoms with Crippen molar-refractivity contribution < 1.29 is 29.3 Å². The molecular weight excluding hydrogens is 436 g/mol. The van der Waals surface area contributed by atoms with Crippen LogP contribution < -0.4 is 10.1 Å². The summed E-state index contributed by atoms with van der Waals surface area (Å²) in [6.45, 7) is 2.47. The first-order valence-electron chi connectivity index (χ1n) is 11.4. The largest absolute Gasteiger partial charge is 0.497 e. The SMILES string of the molecule is COc1ccc(CNC(=O)[C@H](O)[C@@H](O)CC(=O)N2CCC(C(C)=O)(c3ccccc3)CC2)cc1. The van der Waals surface area contributed by atoms with Gasteiger partial charge in [-0.25, -0.2) is 0 Å². The number of aliphatic hydroxyl groups excluding tert-OH is 2. The molecule has 0 aliphatic carbocycles. The van der Waals surface area contributed by atoms with Crippen molar-refractivity contribution in [2.75, 3.05) is 20.2 Å². The fourth-order valence-electron chi connectivity index (χ4n) is 4.37. The number of hydrogen-bond donors (Lipinski definition) is 3. The summed E-state index contributed by atoms with van der Waals surface area (Å²) in [7, 11) is 1.56. The Morgan fingerprint density at radius 2 is 1.65 bits per heavy atom. The van der Waals surface area contributed by atoms with Gasteiger partial charge >= 0.3 is 0 Å². The van der Waals surface area contributed by atoms with E-state index >= 15 is 0 Å². The quantitative estimate of drug-likeness (QED) is 0.515. The normalized spacial score (nSPS) is 16.9. The molecule has 2 atom stereocenters. The molecule has 8 nitrogen and oxygen atoms in total. The molecule has 1 heterocycles. The topological polar surface area (TPSA) is 116 Å². The highest BCUT2D eigenvalue weighted by Crippen LogP contribution is 2.36. The van der Waals surface area contributed by atoms with E-state index in [0.717, 1.165) is 11.1 Å². The van der Waals surface area contributed by atoms with Gasteiger partial charge in [-0.3, -0.25) is 14.4 Å². The third kappa shape index (κ3) is 5.81. The fourth-order valence-corrected chi connectivity index (χ4v) is 4.37. The first-order valence-corrected chi connectivity index (χ1v) is 11.4. The molecular formula is C26H32N2O6. The molecule has 2 aromatic rings. The number of methoxy groups -OCH3 is 1. The smallest absolute Gasteiger partial charge is 0.251 e. The average Bonchev–Trinajstić information content (AvgIpc) is 2.87. The number of piperidine rings is 1. The van der Waals surface area contributed by atoms with Crippen molar-refractivity contribution >= 4 is 17.6 Å². The van der Waals surface area contributed by atoms with Gasteiger partial charge < -0.3 is 25.2 Å². The predicted octanol–water partition coefficient (Wildman–Crippen LogP) is 1.57. The molecule has 182 valence electrons. The van der Waals surface area contributed by atoms with E-state index in [9.17, 15) is 24.6 Å². The number of ether oxygens (including phenoxy) is 1. The van der Waals surface area contributed by atoms with Crippen LogP contribution in [0.5, 0.6) is 5.75 Å². The molecule has 0 saturated carbocycles. The molecule has 34 heavy (non-hydrogen) atoms. The number of benzene rings is 2. The van der Waals surface area contributed by atoms with Crippen molar-refractivity contribution in [1.29, 1.82) is 0 Å².